The fraction of sp³-hybridized carbons (Fsp3) is 0.474. The minimum atomic E-state index is -0.0329. The Hall–Kier alpha value is -1.88. The van der Waals surface area contributed by atoms with Gasteiger partial charge in [-0.2, -0.15) is 0 Å². The number of rotatable bonds is 6. The second-order valence-electron chi connectivity index (χ2n) is 6.19. The molecule has 0 radical (unpaired) electrons. The molecular formula is C19H26N2O2S. The SMILES string of the molecule is CCCNC(=O)c1sc(C2=CC(C(C)C)=CC=C(OC)C2)nc1C. The summed E-state index contributed by atoms with van der Waals surface area (Å²) in [4.78, 5) is 17.6. The highest BCUT2D eigenvalue weighted by atomic mass is 32.1. The lowest BCUT2D eigenvalue weighted by molar-refractivity contribution is 0.0957. The molecule has 0 aliphatic heterocycles. The van der Waals surface area contributed by atoms with Gasteiger partial charge in [-0.25, -0.2) is 4.98 Å². The van der Waals surface area contributed by atoms with Crippen molar-refractivity contribution in [1.29, 1.82) is 0 Å². The average molecular weight is 346 g/mol. The monoisotopic (exact) mass is 346 g/mol. The number of ether oxygens (including phenoxy) is 1. The van der Waals surface area contributed by atoms with Crippen LogP contribution in [0.5, 0.6) is 0 Å². The highest BCUT2D eigenvalue weighted by Gasteiger charge is 2.19. The fourth-order valence-electron chi connectivity index (χ4n) is 2.44. The first-order chi connectivity index (χ1) is 11.5. The first-order valence-corrected chi connectivity index (χ1v) is 9.19. The Morgan fingerprint density at radius 3 is 2.79 bits per heavy atom. The third-order valence-electron chi connectivity index (χ3n) is 3.91. The van der Waals surface area contributed by atoms with Crippen molar-refractivity contribution in [2.24, 2.45) is 5.92 Å². The van der Waals surface area contributed by atoms with Gasteiger partial charge in [-0.1, -0.05) is 32.9 Å². The maximum atomic E-state index is 12.3. The first kappa shape index (κ1) is 18.5. The molecule has 4 nitrogen and oxygen atoms in total. The normalized spacial score (nSPS) is 14.7. The van der Waals surface area contributed by atoms with Gasteiger partial charge in [0.1, 0.15) is 9.88 Å². The van der Waals surface area contributed by atoms with Crippen molar-refractivity contribution in [3.05, 3.63) is 45.1 Å². The maximum Gasteiger partial charge on any atom is 0.263 e. The predicted octanol–water partition coefficient (Wildman–Crippen LogP) is 4.49. The molecule has 0 fully saturated rings. The Morgan fingerprint density at radius 2 is 2.17 bits per heavy atom. The topological polar surface area (TPSA) is 51.2 Å². The number of thiazole rings is 1. The Kier molecular flexibility index (Phi) is 6.37. The molecule has 1 amide bonds. The number of carbonyl (C=O) groups excluding carboxylic acids is 1. The summed E-state index contributed by atoms with van der Waals surface area (Å²) in [6.07, 6.45) is 7.91. The molecule has 0 saturated heterocycles. The van der Waals surface area contributed by atoms with Crippen LogP contribution < -0.4 is 5.32 Å². The van der Waals surface area contributed by atoms with Crippen LogP contribution in [0.25, 0.3) is 5.57 Å². The molecule has 1 aromatic heterocycles. The van der Waals surface area contributed by atoms with E-state index in [1.807, 2.05) is 19.9 Å². The second kappa shape index (κ2) is 8.29. The summed E-state index contributed by atoms with van der Waals surface area (Å²) in [5.41, 5.74) is 3.12. The lowest BCUT2D eigenvalue weighted by Gasteiger charge is -2.08. The maximum absolute atomic E-state index is 12.3. The van der Waals surface area contributed by atoms with E-state index in [4.69, 9.17) is 4.74 Å². The first-order valence-electron chi connectivity index (χ1n) is 8.37. The Balaban J connectivity index is 2.35. The van der Waals surface area contributed by atoms with Gasteiger partial charge in [0.2, 0.25) is 0 Å². The molecule has 0 bridgehead atoms. The molecule has 0 aromatic carbocycles. The molecule has 1 aromatic rings. The standard InChI is InChI=1S/C19H26N2O2S/c1-6-9-20-18(22)17-13(4)21-19(24-17)15-10-14(12(2)3)7-8-16(11-15)23-5/h7-8,10,12H,6,9,11H2,1-5H3,(H,20,22). The van der Waals surface area contributed by atoms with Gasteiger partial charge in [-0.15, -0.1) is 11.3 Å². The molecule has 130 valence electrons. The summed E-state index contributed by atoms with van der Waals surface area (Å²) in [6, 6.07) is 0. The summed E-state index contributed by atoms with van der Waals surface area (Å²) >= 11 is 1.46. The van der Waals surface area contributed by atoms with E-state index in [1.165, 1.54) is 16.9 Å². The van der Waals surface area contributed by atoms with Crippen molar-refractivity contribution >= 4 is 22.8 Å². The quantitative estimate of drug-likeness (QED) is 0.825. The molecule has 1 aliphatic carbocycles. The zero-order chi connectivity index (χ0) is 17.7. The van der Waals surface area contributed by atoms with E-state index in [0.29, 0.717) is 23.8 Å². The number of hydrogen-bond acceptors (Lipinski definition) is 4. The zero-order valence-corrected chi connectivity index (χ0v) is 15.9. The Morgan fingerprint density at radius 1 is 1.42 bits per heavy atom. The Bertz CT molecular complexity index is 696. The number of allylic oxidation sites excluding steroid dienone is 5. The minimum Gasteiger partial charge on any atom is -0.501 e. The van der Waals surface area contributed by atoms with Crippen LogP contribution in [0.1, 0.15) is 54.0 Å². The van der Waals surface area contributed by atoms with Crippen molar-refractivity contribution in [1.82, 2.24) is 10.3 Å². The summed E-state index contributed by atoms with van der Waals surface area (Å²) in [6.45, 7) is 8.96. The number of methoxy groups -OCH3 is 1. The van der Waals surface area contributed by atoms with Crippen LogP contribution in [-0.2, 0) is 4.74 Å². The number of amides is 1. The van der Waals surface area contributed by atoms with E-state index in [-0.39, 0.29) is 5.91 Å². The number of hydrogen-bond donors (Lipinski definition) is 1. The highest BCUT2D eigenvalue weighted by molar-refractivity contribution is 7.14. The molecule has 0 saturated carbocycles. The number of carbonyl (C=O) groups is 1. The van der Waals surface area contributed by atoms with Gasteiger partial charge in [-0.05, 0) is 36.5 Å². The average Bonchev–Trinajstić information content (AvgIpc) is 2.81. The second-order valence-corrected chi connectivity index (χ2v) is 7.19. The van der Waals surface area contributed by atoms with E-state index < -0.39 is 0 Å². The van der Waals surface area contributed by atoms with Gasteiger partial charge >= 0.3 is 0 Å². The fourth-order valence-corrected chi connectivity index (χ4v) is 3.43. The third-order valence-corrected chi connectivity index (χ3v) is 5.14. The van der Waals surface area contributed by atoms with Crippen molar-refractivity contribution in [3.8, 4) is 0 Å². The van der Waals surface area contributed by atoms with E-state index in [0.717, 1.165) is 28.5 Å². The molecule has 1 heterocycles. The van der Waals surface area contributed by atoms with Gasteiger partial charge in [-0.3, -0.25) is 4.79 Å². The highest BCUT2D eigenvalue weighted by Crippen LogP contribution is 2.33. The molecule has 5 heteroatoms. The van der Waals surface area contributed by atoms with Crippen LogP contribution in [-0.4, -0.2) is 24.5 Å². The van der Waals surface area contributed by atoms with Crippen molar-refractivity contribution < 1.29 is 9.53 Å². The van der Waals surface area contributed by atoms with Gasteiger partial charge < -0.3 is 10.1 Å². The van der Waals surface area contributed by atoms with E-state index in [2.05, 4.69) is 36.3 Å². The van der Waals surface area contributed by atoms with E-state index in [9.17, 15) is 4.79 Å². The third kappa shape index (κ3) is 4.35. The molecule has 1 aliphatic rings. The molecule has 2 rings (SSSR count). The van der Waals surface area contributed by atoms with Gasteiger partial charge in [0.15, 0.2) is 0 Å². The molecule has 0 atom stereocenters. The van der Waals surface area contributed by atoms with Crippen LogP contribution in [0, 0.1) is 12.8 Å². The van der Waals surface area contributed by atoms with E-state index in [1.54, 1.807) is 7.11 Å². The number of nitrogens with one attached hydrogen (secondary N) is 1. The van der Waals surface area contributed by atoms with Crippen LogP contribution in [0.4, 0.5) is 0 Å². The largest absolute Gasteiger partial charge is 0.501 e. The summed E-state index contributed by atoms with van der Waals surface area (Å²) < 4.78 is 5.46. The van der Waals surface area contributed by atoms with Gasteiger partial charge in [0, 0.05) is 13.0 Å². The molecular weight excluding hydrogens is 320 g/mol. The molecule has 0 spiro atoms. The molecule has 1 N–H and O–H groups in total. The van der Waals surface area contributed by atoms with Crippen LogP contribution in [0.3, 0.4) is 0 Å². The van der Waals surface area contributed by atoms with Gasteiger partial charge in [0.05, 0.1) is 18.6 Å². The van der Waals surface area contributed by atoms with Crippen LogP contribution in [0.15, 0.2) is 29.6 Å². The van der Waals surface area contributed by atoms with Crippen LogP contribution in [0.2, 0.25) is 0 Å². The lowest BCUT2D eigenvalue weighted by atomic mass is 10.0. The number of aromatic nitrogens is 1. The smallest absolute Gasteiger partial charge is 0.263 e. The zero-order valence-electron chi connectivity index (χ0n) is 15.1. The van der Waals surface area contributed by atoms with Crippen LogP contribution >= 0.6 is 11.3 Å². The van der Waals surface area contributed by atoms with E-state index >= 15 is 0 Å². The number of nitrogens with zero attached hydrogens (tertiary/aromatic N) is 1. The Labute approximate surface area is 148 Å². The minimum absolute atomic E-state index is 0.0329. The van der Waals surface area contributed by atoms with Crippen molar-refractivity contribution in [3.63, 3.8) is 0 Å². The lowest BCUT2D eigenvalue weighted by Crippen LogP contribution is -2.23. The number of aryl methyl sites for hydroxylation is 1. The summed E-state index contributed by atoms with van der Waals surface area (Å²) in [5, 5.41) is 3.82. The summed E-state index contributed by atoms with van der Waals surface area (Å²) in [5.74, 6) is 1.29. The summed E-state index contributed by atoms with van der Waals surface area (Å²) in [7, 11) is 1.69. The van der Waals surface area contributed by atoms with Crippen molar-refractivity contribution in [2.45, 2.75) is 40.5 Å². The molecule has 24 heavy (non-hydrogen) atoms. The predicted molar refractivity (Wildman–Crippen MR) is 100 cm³/mol. The molecule has 0 unspecified atom stereocenters. The van der Waals surface area contributed by atoms with Crippen molar-refractivity contribution in [2.75, 3.05) is 13.7 Å². The van der Waals surface area contributed by atoms with Gasteiger partial charge in [0.25, 0.3) is 5.91 Å².